The minimum Gasteiger partial charge on any atom is -0.487 e. The first kappa shape index (κ1) is 72.0. The van der Waals surface area contributed by atoms with Crippen molar-refractivity contribution in [1.82, 2.24) is 29.7 Å². The monoisotopic (exact) mass is 1550 g/mol. The molecule has 10 rings (SSSR count). The Labute approximate surface area is 629 Å². The van der Waals surface area contributed by atoms with Crippen LogP contribution in [0.1, 0.15) is 153 Å². The summed E-state index contributed by atoms with van der Waals surface area (Å²) in [4.78, 5) is 53.6. The number of halogens is 6. The molecule has 580 valence electrons. The average Bonchev–Trinajstić information content (AvgIpc) is 1.19. The Morgan fingerprint density at radius 3 is 1.06 bits per heavy atom. The lowest BCUT2D eigenvalue weighted by Gasteiger charge is -2.32. The number of piperidine rings is 3. The molecule has 3 aliphatic heterocycles. The number of ether oxygens (including phenoxy) is 6. The normalized spacial score (nSPS) is 18.6. The van der Waals surface area contributed by atoms with Gasteiger partial charge in [-0.25, -0.2) is 80.9 Å². The van der Waals surface area contributed by atoms with E-state index in [2.05, 4.69) is 15.0 Å². The lowest BCUT2D eigenvalue weighted by Crippen LogP contribution is -2.41. The van der Waals surface area contributed by atoms with Crippen molar-refractivity contribution in [2.45, 2.75) is 179 Å². The van der Waals surface area contributed by atoms with Gasteiger partial charge in [-0.05, 0) is 226 Å². The molecule has 3 aromatic carbocycles. The minimum atomic E-state index is -3.88. The molecule has 6 heterocycles. The van der Waals surface area contributed by atoms with Crippen LogP contribution in [-0.2, 0) is 43.7 Å². The molecule has 1 aliphatic carbocycles. The highest BCUT2D eigenvalue weighted by molar-refractivity contribution is 7.91. The molecule has 0 bridgehead atoms. The van der Waals surface area contributed by atoms with Crippen LogP contribution in [0.2, 0.25) is 0 Å². The Hall–Kier alpha value is -8.25. The maximum atomic E-state index is 14.9. The topological polar surface area (TPSA) is 257 Å². The molecule has 4 fully saturated rings. The van der Waals surface area contributed by atoms with Gasteiger partial charge in [0.1, 0.15) is 17.8 Å². The van der Waals surface area contributed by atoms with Crippen molar-refractivity contribution in [3.63, 3.8) is 0 Å². The summed E-state index contributed by atoms with van der Waals surface area (Å²) in [6.45, 7) is 11.4. The van der Waals surface area contributed by atoms with Crippen molar-refractivity contribution in [2.75, 3.05) is 76.9 Å². The highest BCUT2D eigenvalue weighted by atomic mass is 32.2. The van der Waals surface area contributed by atoms with Gasteiger partial charge in [0, 0.05) is 90.3 Å². The number of sulfone groups is 3. The lowest BCUT2D eigenvalue weighted by molar-refractivity contribution is 0.0452. The largest absolute Gasteiger partial charge is 0.487 e. The third kappa shape index (κ3) is 22.4. The molecule has 30 heteroatoms. The molecule has 3 saturated heterocycles. The van der Waals surface area contributed by atoms with Crippen molar-refractivity contribution in [1.29, 1.82) is 0 Å². The van der Waals surface area contributed by atoms with Gasteiger partial charge < -0.3 is 43.1 Å². The van der Waals surface area contributed by atoms with Gasteiger partial charge in [-0.2, -0.15) is 0 Å². The summed E-state index contributed by atoms with van der Waals surface area (Å²) in [7, 11) is -11.3. The average molecular weight is 1550 g/mol. The fourth-order valence-corrected chi connectivity index (χ4v) is 14.4. The third-order valence-electron chi connectivity index (χ3n) is 18.3. The molecule has 0 spiro atoms. The van der Waals surface area contributed by atoms with Crippen LogP contribution in [0.4, 0.5) is 40.7 Å². The first-order valence-electron chi connectivity index (χ1n) is 39.5. The summed E-state index contributed by atoms with van der Waals surface area (Å²) in [5.41, 5.74) is 2.12. The van der Waals surface area contributed by atoms with E-state index in [0.717, 1.165) is 55.5 Å². The quantitative estimate of drug-likeness (QED) is 0.0403. The van der Waals surface area contributed by atoms with E-state index < -0.39 is 143 Å². The van der Waals surface area contributed by atoms with E-state index in [1.54, 1.807) is 25.7 Å². The Kier molecular flexibility index (Phi) is 24.8. The second-order valence-electron chi connectivity index (χ2n) is 26.8. The van der Waals surface area contributed by atoms with Gasteiger partial charge in [-0.15, -0.1) is 0 Å². The maximum Gasteiger partial charge on any atom is 0.410 e. The summed E-state index contributed by atoms with van der Waals surface area (Å²) in [6, 6.07) is 14.7. The number of amides is 3. The van der Waals surface area contributed by atoms with E-state index in [9.17, 15) is 66.0 Å². The number of aromatic nitrogens is 3. The summed E-state index contributed by atoms with van der Waals surface area (Å²) >= 11 is 0. The SMILES string of the molecule is [2H]CC([2H])C(C)OC(=O)N1CCC(COc2c(F)cc(-c3ccc(S(C)(=O)=O)nc3C)cc2F)CC1.[2H]CC([2H])CS(=O)(=O)c1ccc(-c2cc(F)c(OCC3CCN(C(=O)OC(C)C([2H])C[2H])CC3)c(F)c2)c(C)n1.[2H]CC([2H])CS(=O)(=O)c1ccc(-c2cc(F)c(OCC3CCN(C(=O)OC4(C)CC4)CC3)c(F)c2)c(C)n1. The summed E-state index contributed by atoms with van der Waals surface area (Å²) in [6.07, 6.45) is -0.320. The number of hydrogen-bond acceptors (Lipinski definition) is 18. The second kappa shape index (κ2) is 36.6. The van der Waals surface area contributed by atoms with Crippen molar-refractivity contribution in [2.24, 2.45) is 17.8 Å². The van der Waals surface area contributed by atoms with Crippen LogP contribution < -0.4 is 14.2 Å². The molecule has 3 amide bonds. The third-order valence-corrected chi connectivity index (χ3v) is 22.4. The maximum absolute atomic E-state index is 14.9. The fourth-order valence-electron chi connectivity index (χ4n) is 11.7. The number of hydrogen-bond donors (Lipinski definition) is 0. The van der Waals surface area contributed by atoms with Crippen molar-refractivity contribution in [3.8, 4) is 50.6 Å². The number of rotatable bonds is 24. The first-order valence-corrected chi connectivity index (χ1v) is 39.6. The number of carbonyl (C=O) groups excluding carboxylic acids is 3. The van der Waals surface area contributed by atoms with Crippen molar-refractivity contribution >= 4 is 47.8 Å². The Morgan fingerprint density at radius 2 is 0.783 bits per heavy atom. The van der Waals surface area contributed by atoms with Crippen LogP contribution in [0.15, 0.2) is 87.9 Å². The number of nitrogens with zero attached hydrogens (tertiary/aromatic N) is 6. The zero-order chi connectivity index (χ0) is 83.9. The van der Waals surface area contributed by atoms with Crippen LogP contribution in [0, 0.1) is 73.4 Å². The van der Waals surface area contributed by atoms with Crippen LogP contribution in [0.25, 0.3) is 33.4 Å². The van der Waals surface area contributed by atoms with Gasteiger partial charge >= 0.3 is 18.3 Å². The summed E-state index contributed by atoms with van der Waals surface area (Å²) in [5, 5.41) is -0.624. The van der Waals surface area contributed by atoms with Gasteiger partial charge in [-0.1, -0.05) is 27.6 Å². The molecular formula is C76H96F6N6O15S3. The number of benzene rings is 3. The molecule has 4 aliphatic rings. The number of likely N-dealkylation sites (tertiary alicyclic amines) is 3. The highest BCUT2D eigenvalue weighted by Gasteiger charge is 2.43. The number of carbonyl (C=O) groups is 3. The number of pyridine rings is 3. The molecular weight excluding hydrogens is 1450 g/mol. The van der Waals surface area contributed by atoms with Crippen LogP contribution in [0.5, 0.6) is 17.2 Å². The Morgan fingerprint density at radius 1 is 0.491 bits per heavy atom. The summed E-state index contributed by atoms with van der Waals surface area (Å²) < 4.78 is 254. The standard InChI is InChI=1S/C26H32F2N2O5S.C26H34F2N2O5S.C24H30F2N2O5S/c1-4-13-36(32,33)23-6-5-20(17(2)29-23)19-14-21(27)24(22(28)15-19)34-16-18-7-11-30(12-8-18)25(31)35-26(3)9-10-26;1-5-13-36(32,33)24-8-7-21(18(4)29-24)20-14-22(27)25(23(28)15-20)34-16-19-9-11-30(12-10-19)26(31)35-17(3)6-2;1-5-15(2)33-24(29)28-10-8-17(9-11-28)14-32-23-20(25)12-18(13-21(23)26)19-6-7-22(27-16(19)3)34(4,30)31/h5-6,14-15,18H,4,7-13,16H2,1-3H3;7-8,14-15,17,19H,5-6,9-13,16H2,1-4H3;6-7,12-13,15,17H,5,8-11,14H2,1-4H3/i1D,4D;1D,2D,5D,6D;1D,5D. The zero-order valence-electron chi connectivity index (χ0n) is 68.2. The lowest BCUT2D eigenvalue weighted by atomic mass is 9.98. The van der Waals surface area contributed by atoms with Gasteiger partial charge in [0.25, 0.3) is 0 Å². The van der Waals surface area contributed by atoms with E-state index in [4.69, 9.17) is 39.4 Å². The summed E-state index contributed by atoms with van der Waals surface area (Å²) in [5.74, 6) is -8.00. The second-order valence-corrected chi connectivity index (χ2v) is 32.7. The smallest absolute Gasteiger partial charge is 0.410 e. The van der Waals surface area contributed by atoms with Gasteiger partial charge in [0.15, 0.2) is 96.7 Å². The Bertz CT molecular complexity index is 4660. The van der Waals surface area contributed by atoms with Crippen LogP contribution in [-0.4, -0.2) is 168 Å². The predicted octanol–water partition coefficient (Wildman–Crippen LogP) is 15.6. The molecule has 3 aromatic heterocycles. The van der Waals surface area contributed by atoms with E-state index in [1.807, 2.05) is 6.92 Å². The minimum absolute atomic E-state index is 0.0166. The molecule has 106 heavy (non-hydrogen) atoms. The first-order chi connectivity index (χ1) is 53.7. The molecule has 6 unspecified atom stereocenters. The van der Waals surface area contributed by atoms with Crippen LogP contribution >= 0.6 is 0 Å². The van der Waals surface area contributed by atoms with Gasteiger partial charge in [-0.3, -0.25) is 0 Å². The van der Waals surface area contributed by atoms with E-state index >= 15 is 0 Å². The van der Waals surface area contributed by atoms with E-state index in [1.165, 1.54) is 60.0 Å². The van der Waals surface area contributed by atoms with Gasteiger partial charge in [0.2, 0.25) is 0 Å². The highest BCUT2D eigenvalue weighted by Crippen LogP contribution is 2.40. The predicted molar refractivity (Wildman–Crippen MR) is 387 cm³/mol. The zero-order valence-corrected chi connectivity index (χ0v) is 62.6. The van der Waals surface area contributed by atoms with Crippen LogP contribution in [0.3, 0.4) is 0 Å². The Balaban J connectivity index is 0.000000214. The number of aryl methyl sites for hydroxylation is 3. The van der Waals surface area contributed by atoms with Crippen molar-refractivity contribution in [3.05, 3.63) is 125 Å². The molecule has 6 aromatic rings. The molecule has 21 nitrogen and oxygen atoms in total. The molecule has 0 radical (unpaired) electrons. The molecule has 1 saturated carbocycles. The van der Waals surface area contributed by atoms with Gasteiger partial charge in [0.05, 0.1) is 31.3 Å². The van der Waals surface area contributed by atoms with E-state index in [-0.39, 0.29) is 120 Å². The van der Waals surface area contributed by atoms with E-state index in [0.29, 0.717) is 100 Å². The van der Waals surface area contributed by atoms with Crippen molar-refractivity contribution < 1.29 is 105 Å². The molecule has 6 atom stereocenters. The fraction of sp³-hybridized carbons (Fsp3) is 0.526. The molecule has 0 N–H and O–H groups in total.